The Labute approximate surface area is 122 Å². The number of hydrogen-bond donors (Lipinski definition) is 2. The van der Waals surface area contributed by atoms with Gasteiger partial charge < -0.3 is 14.9 Å². The van der Waals surface area contributed by atoms with Gasteiger partial charge in [-0.2, -0.15) is 0 Å². The summed E-state index contributed by atoms with van der Waals surface area (Å²) in [6.07, 6.45) is 1.74. The summed E-state index contributed by atoms with van der Waals surface area (Å²) >= 11 is 0. The van der Waals surface area contributed by atoms with Crippen molar-refractivity contribution < 1.29 is 19.7 Å². The normalized spacial score (nSPS) is 10.1. The van der Waals surface area contributed by atoms with Gasteiger partial charge in [0, 0.05) is 0 Å². The predicted molar refractivity (Wildman–Crippen MR) is 80.7 cm³/mol. The summed E-state index contributed by atoms with van der Waals surface area (Å²) in [6.45, 7) is 5.67. The van der Waals surface area contributed by atoms with Crippen LogP contribution in [0.15, 0.2) is 43.0 Å². The third-order valence-corrected chi connectivity index (χ3v) is 3.17. The summed E-state index contributed by atoms with van der Waals surface area (Å²) in [6, 6.07) is 10.6. The molecular formula is C17H16O4. The number of aromatic carboxylic acids is 1. The Bertz CT molecular complexity index is 689. The van der Waals surface area contributed by atoms with E-state index in [2.05, 4.69) is 6.58 Å². The van der Waals surface area contributed by atoms with E-state index in [0.29, 0.717) is 17.9 Å². The zero-order chi connectivity index (χ0) is 15.4. The number of phenols is 1. The Kier molecular flexibility index (Phi) is 4.28. The fraction of sp³-hybridized carbons (Fsp3) is 0.118. The predicted octanol–water partition coefficient (Wildman–Crippen LogP) is 3.62. The van der Waals surface area contributed by atoms with Gasteiger partial charge in [0.2, 0.25) is 0 Å². The van der Waals surface area contributed by atoms with Gasteiger partial charge in [-0.1, -0.05) is 36.9 Å². The summed E-state index contributed by atoms with van der Waals surface area (Å²) in [5.41, 5.74) is 2.21. The van der Waals surface area contributed by atoms with Crippen LogP contribution in [-0.4, -0.2) is 16.2 Å². The molecule has 4 heteroatoms. The van der Waals surface area contributed by atoms with E-state index >= 15 is 0 Å². The van der Waals surface area contributed by atoms with Crippen molar-refractivity contribution in [1.29, 1.82) is 0 Å². The molecule has 0 saturated heterocycles. The molecule has 0 aliphatic rings. The second-order valence-corrected chi connectivity index (χ2v) is 4.63. The quantitative estimate of drug-likeness (QED) is 0.880. The second kappa shape index (κ2) is 6.13. The smallest absolute Gasteiger partial charge is 0.339 e. The highest BCUT2D eigenvalue weighted by molar-refractivity contribution is 5.91. The number of carbonyl (C=O) groups is 1. The Morgan fingerprint density at radius 3 is 2.71 bits per heavy atom. The molecule has 0 heterocycles. The van der Waals surface area contributed by atoms with Crippen LogP contribution in [0.4, 0.5) is 0 Å². The van der Waals surface area contributed by atoms with Crippen molar-refractivity contribution in [3.63, 3.8) is 0 Å². The van der Waals surface area contributed by atoms with Crippen LogP contribution in [0.2, 0.25) is 0 Å². The van der Waals surface area contributed by atoms with Crippen molar-refractivity contribution in [3.05, 3.63) is 65.2 Å². The van der Waals surface area contributed by atoms with Gasteiger partial charge in [0.25, 0.3) is 0 Å². The van der Waals surface area contributed by atoms with E-state index in [1.165, 1.54) is 6.07 Å². The van der Waals surface area contributed by atoms with E-state index in [0.717, 1.165) is 11.1 Å². The highest BCUT2D eigenvalue weighted by Gasteiger charge is 2.14. The summed E-state index contributed by atoms with van der Waals surface area (Å²) in [4.78, 5) is 11.1. The SMILES string of the molecule is C=Cc1ccccc1COc1cc(C)c(O)c(C(=O)O)c1. The Balaban J connectivity index is 2.24. The summed E-state index contributed by atoms with van der Waals surface area (Å²) in [5, 5.41) is 18.8. The third-order valence-electron chi connectivity index (χ3n) is 3.17. The van der Waals surface area contributed by atoms with Crippen molar-refractivity contribution in [1.82, 2.24) is 0 Å². The minimum atomic E-state index is -1.19. The first kappa shape index (κ1) is 14.7. The molecule has 0 aliphatic heterocycles. The van der Waals surface area contributed by atoms with Crippen molar-refractivity contribution in [2.45, 2.75) is 13.5 Å². The first-order valence-corrected chi connectivity index (χ1v) is 6.43. The summed E-state index contributed by atoms with van der Waals surface area (Å²) in [7, 11) is 0. The fourth-order valence-corrected chi connectivity index (χ4v) is 2.02. The molecule has 0 bridgehead atoms. The van der Waals surface area contributed by atoms with E-state index in [1.54, 1.807) is 19.1 Å². The minimum Gasteiger partial charge on any atom is -0.507 e. The molecule has 0 aliphatic carbocycles. The van der Waals surface area contributed by atoms with Gasteiger partial charge in [-0.3, -0.25) is 0 Å². The van der Waals surface area contributed by atoms with E-state index < -0.39 is 5.97 Å². The second-order valence-electron chi connectivity index (χ2n) is 4.63. The van der Waals surface area contributed by atoms with Crippen LogP contribution in [-0.2, 0) is 6.61 Å². The molecule has 0 atom stereocenters. The lowest BCUT2D eigenvalue weighted by Crippen LogP contribution is -2.02. The Hall–Kier alpha value is -2.75. The van der Waals surface area contributed by atoms with Crippen LogP contribution in [0, 0.1) is 6.92 Å². The average molecular weight is 284 g/mol. The molecule has 2 N–H and O–H groups in total. The minimum absolute atomic E-state index is 0.165. The summed E-state index contributed by atoms with van der Waals surface area (Å²) in [5.74, 6) is -1.02. The van der Waals surface area contributed by atoms with Gasteiger partial charge in [-0.25, -0.2) is 4.79 Å². The molecule has 2 aromatic rings. The molecule has 21 heavy (non-hydrogen) atoms. The van der Waals surface area contributed by atoms with E-state index in [9.17, 15) is 9.90 Å². The lowest BCUT2D eigenvalue weighted by molar-refractivity contribution is 0.0693. The van der Waals surface area contributed by atoms with Gasteiger partial charge >= 0.3 is 5.97 Å². The number of rotatable bonds is 5. The highest BCUT2D eigenvalue weighted by Crippen LogP contribution is 2.28. The maximum atomic E-state index is 11.1. The monoisotopic (exact) mass is 284 g/mol. The maximum absolute atomic E-state index is 11.1. The molecular weight excluding hydrogens is 268 g/mol. The van der Waals surface area contributed by atoms with Crippen LogP contribution in [0.5, 0.6) is 11.5 Å². The lowest BCUT2D eigenvalue weighted by atomic mass is 10.1. The topological polar surface area (TPSA) is 66.8 Å². The van der Waals surface area contributed by atoms with E-state index in [4.69, 9.17) is 9.84 Å². The standard InChI is InChI=1S/C17H16O4/c1-3-12-6-4-5-7-13(12)10-21-14-8-11(2)16(18)15(9-14)17(19)20/h3-9,18H,1,10H2,2H3,(H,19,20). The van der Waals surface area contributed by atoms with Gasteiger partial charge in [-0.15, -0.1) is 0 Å². The van der Waals surface area contributed by atoms with E-state index in [-0.39, 0.29) is 11.3 Å². The van der Waals surface area contributed by atoms with Crippen LogP contribution < -0.4 is 4.74 Å². The van der Waals surface area contributed by atoms with E-state index in [1.807, 2.05) is 24.3 Å². The van der Waals surface area contributed by atoms with Crippen LogP contribution in [0.25, 0.3) is 6.08 Å². The largest absolute Gasteiger partial charge is 0.507 e. The number of carboxylic acids is 1. The first-order valence-electron chi connectivity index (χ1n) is 6.43. The van der Waals surface area contributed by atoms with Crippen LogP contribution >= 0.6 is 0 Å². The molecule has 0 saturated carbocycles. The van der Waals surface area contributed by atoms with Crippen molar-refractivity contribution in [2.75, 3.05) is 0 Å². The number of carboxylic acid groups (broad SMARTS) is 1. The number of ether oxygens (including phenoxy) is 1. The fourth-order valence-electron chi connectivity index (χ4n) is 2.02. The summed E-state index contributed by atoms with van der Waals surface area (Å²) < 4.78 is 5.64. The van der Waals surface area contributed by atoms with Crippen molar-refractivity contribution in [2.24, 2.45) is 0 Å². The third kappa shape index (κ3) is 3.23. The van der Waals surface area contributed by atoms with Gasteiger partial charge in [0.05, 0.1) is 0 Å². The molecule has 2 rings (SSSR count). The maximum Gasteiger partial charge on any atom is 0.339 e. The Morgan fingerprint density at radius 2 is 2.05 bits per heavy atom. The van der Waals surface area contributed by atoms with Crippen molar-refractivity contribution >= 4 is 12.0 Å². The van der Waals surface area contributed by atoms with Gasteiger partial charge in [-0.05, 0) is 35.7 Å². The number of benzene rings is 2. The zero-order valence-electron chi connectivity index (χ0n) is 11.7. The zero-order valence-corrected chi connectivity index (χ0v) is 11.7. The molecule has 0 spiro atoms. The van der Waals surface area contributed by atoms with Crippen LogP contribution in [0.1, 0.15) is 27.0 Å². The molecule has 0 aromatic heterocycles. The molecule has 0 radical (unpaired) electrons. The molecule has 0 unspecified atom stereocenters. The highest BCUT2D eigenvalue weighted by atomic mass is 16.5. The number of aryl methyl sites for hydroxylation is 1. The van der Waals surface area contributed by atoms with Crippen molar-refractivity contribution in [3.8, 4) is 11.5 Å². The molecule has 108 valence electrons. The number of hydrogen-bond acceptors (Lipinski definition) is 3. The average Bonchev–Trinajstić information content (AvgIpc) is 2.48. The Morgan fingerprint density at radius 1 is 1.33 bits per heavy atom. The lowest BCUT2D eigenvalue weighted by Gasteiger charge is -2.11. The molecule has 0 amide bonds. The number of aromatic hydroxyl groups is 1. The van der Waals surface area contributed by atoms with Gasteiger partial charge in [0.15, 0.2) is 0 Å². The van der Waals surface area contributed by atoms with Crippen LogP contribution in [0.3, 0.4) is 0 Å². The molecule has 2 aromatic carbocycles. The first-order chi connectivity index (χ1) is 10.0. The molecule has 0 fully saturated rings. The molecule has 4 nitrogen and oxygen atoms in total. The van der Waals surface area contributed by atoms with Gasteiger partial charge in [0.1, 0.15) is 23.7 Å².